The lowest BCUT2D eigenvalue weighted by molar-refractivity contribution is -0.122. The SMILES string of the molecule is O=C(Nc1ccc(Cl)cc1)NC(C(=O)NC1=CCC(=NN2CCCCC2)C=C1)c1cccs1. The van der Waals surface area contributed by atoms with Crippen LogP contribution in [0.2, 0.25) is 5.02 Å². The van der Waals surface area contributed by atoms with Crippen molar-refractivity contribution in [2.45, 2.75) is 31.7 Å². The van der Waals surface area contributed by atoms with E-state index in [1.165, 1.54) is 30.6 Å². The minimum absolute atomic E-state index is 0.309. The van der Waals surface area contributed by atoms with Crippen molar-refractivity contribution in [2.75, 3.05) is 18.4 Å². The van der Waals surface area contributed by atoms with E-state index in [0.29, 0.717) is 22.8 Å². The zero-order chi connectivity index (χ0) is 23.0. The quantitative estimate of drug-likeness (QED) is 0.536. The maximum Gasteiger partial charge on any atom is 0.320 e. The van der Waals surface area contributed by atoms with Crippen molar-refractivity contribution in [3.05, 3.63) is 75.6 Å². The Kier molecular flexibility index (Phi) is 7.80. The van der Waals surface area contributed by atoms with Gasteiger partial charge >= 0.3 is 6.03 Å². The molecule has 1 saturated heterocycles. The van der Waals surface area contributed by atoms with Gasteiger partial charge in [-0.2, -0.15) is 5.10 Å². The molecule has 1 fully saturated rings. The van der Waals surface area contributed by atoms with Crippen molar-refractivity contribution < 1.29 is 9.59 Å². The summed E-state index contributed by atoms with van der Waals surface area (Å²) in [5.74, 6) is -0.309. The van der Waals surface area contributed by atoms with Crippen LogP contribution in [-0.4, -0.2) is 35.7 Å². The number of benzene rings is 1. The highest BCUT2D eigenvalue weighted by Crippen LogP contribution is 2.21. The number of nitrogens with zero attached hydrogens (tertiary/aromatic N) is 2. The molecule has 172 valence electrons. The molecule has 7 nitrogen and oxygen atoms in total. The van der Waals surface area contributed by atoms with Crippen LogP contribution in [-0.2, 0) is 4.79 Å². The van der Waals surface area contributed by atoms with Gasteiger partial charge in [0.1, 0.15) is 6.04 Å². The second-order valence-corrected chi connectivity index (χ2v) is 9.26. The number of thiophene rings is 1. The maximum atomic E-state index is 13.1. The molecule has 9 heteroatoms. The minimum atomic E-state index is -0.824. The van der Waals surface area contributed by atoms with Crippen molar-refractivity contribution in [3.8, 4) is 0 Å². The Labute approximate surface area is 202 Å². The van der Waals surface area contributed by atoms with Crippen LogP contribution >= 0.6 is 22.9 Å². The fourth-order valence-electron chi connectivity index (χ4n) is 3.63. The standard InChI is InChI=1S/C24H26ClN5O2S/c25-17-6-8-19(9-7-17)27-24(32)28-22(21-5-4-16-33-21)23(31)26-18-10-12-20(13-11-18)29-30-14-2-1-3-15-30/h4-12,16,22H,1-3,13-15H2,(H,26,31)(H2,27,28,32). The number of halogens is 1. The predicted molar refractivity (Wildman–Crippen MR) is 134 cm³/mol. The summed E-state index contributed by atoms with van der Waals surface area (Å²) < 4.78 is 0. The monoisotopic (exact) mass is 483 g/mol. The van der Waals surface area contributed by atoms with Crippen molar-refractivity contribution in [3.63, 3.8) is 0 Å². The first-order valence-corrected chi connectivity index (χ1v) is 12.2. The maximum absolute atomic E-state index is 13.1. The third-order valence-corrected chi connectivity index (χ3v) is 6.51. The van der Waals surface area contributed by atoms with Gasteiger partial charge in [-0.05, 0) is 67.1 Å². The van der Waals surface area contributed by atoms with E-state index in [9.17, 15) is 9.59 Å². The summed E-state index contributed by atoms with van der Waals surface area (Å²) in [6.07, 6.45) is 10.0. The summed E-state index contributed by atoms with van der Waals surface area (Å²) >= 11 is 7.30. The summed E-state index contributed by atoms with van der Waals surface area (Å²) in [7, 11) is 0. The van der Waals surface area contributed by atoms with Gasteiger partial charge in [0.2, 0.25) is 0 Å². The number of nitrogens with one attached hydrogen (secondary N) is 3. The molecule has 3 amide bonds. The van der Waals surface area contributed by atoms with Crippen LogP contribution in [0.5, 0.6) is 0 Å². The number of allylic oxidation sites excluding steroid dienone is 3. The third-order valence-electron chi connectivity index (χ3n) is 5.32. The molecule has 3 N–H and O–H groups in total. The number of rotatable bonds is 6. The number of hydrazone groups is 1. The van der Waals surface area contributed by atoms with Gasteiger partial charge in [0.05, 0.1) is 5.71 Å². The number of carbonyl (C=O) groups is 2. The lowest BCUT2D eigenvalue weighted by Crippen LogP contribution is -2.41. The predicted octanol–water partition coefficient (Wildman–Crippen LogP) is 5.07. The first-order chi connectivity index (χ1) is 16.1. The molecular formula is C24H26ClN5O2S. The molecule has 1 aromatic heterocycles. The molecule has 0 radical (unpaired) electrons. The first kappa shape index (κ1) is 23.1. The van der Waals surface area contributed by atoms with E-state index >= 15 is 0 Å². The molecule has 0 bridgehead atoms. The van der Waals surface area contributed by atoms with Crippen molar-refractivity contribution >= 4 is 46.3 Å². The topological polar surface area (TPSA) is 85.8 Å². The van der Waals surface area contributed by atoms with Crippen molar-refractivity contribution in [2.24, 2.45) is 5.10 Å². The van der Waals surface area contributed by atoms with Crippen LogP contribution in [0.3, 0.4) is 0 Å². The molecule has 1 aliphatic heterocycles. The highest BCUT2D eigenvalue weighted by molar-refractivity contribution is 7.10. The van der Waals surface area contributed by atoms with Crippen LogP contribution in [0.25, 0.3) is 0 Å². The Morgan fingerprint density at radius 2 is 1.82 bits per heavy atom. The number of carbonyl (C=O) groups excluding carboxylic acids is 2. The van der Waals surface area contributed by atoms with Crippen LogP contribution in [0.1, 0.15) is 36.6 Å². The Balaban J connectivity index is 1.37. The molecule has 0 spiro atoms. The first-order valence-electron chi connectivity index (χ1n) is 10.9. The van der Waals surface area contributed by atoms with Gasteiger partial charge in [0.15, 0.2) is 0 Å². The number of hydrogen-bond donors (Lipinski definition) is 3. The van der Waals surface area contributed by atoms with E-state index < -0.39 is 12.1 Å². The molecule has 1 atom stereocenters. The largest absolute Gasteiger partial charge is 0.324 e. The molecule has 4 rings (SSSR count). The van der Waals surface area contributed by atoms with Crippen LogP contribution in [0, 0.1) is 0 Å². The van der Waals surface area contributed by atoms with Gasteiger partial charge < -0.3 is 16.0 Å². The number of piperidine rings is 1. The Morgan fingerprint density at radius 1 is 1.03 bits per heavy atom. The molecule has 33 heavy (non-hydrogen) atoms. The van der Waals surface area contributed by atoms with Gasteiger partial charge in [-0.25, -0.2) is 4.79 Å². The Bertz CT molecular complexity index is 1060. The van der Waals surface area contributed by atoms with Gasteiger partial charge in [0.25, 0.3) is 5.91 Å². The summed E-state index contributed by atoms with van der Waals surface area (Å²) in [6.45, 7) is 1.99. The van der Waals surface area contributed by atoms with Gasteiger partial charge in [0, 0.05) is 40.8 Å². The molecule has 1 unspecified atom stereocenters. The summed E-state index contributed by atoms with van der Waals surface area (Å²) in [6, 6.07) is 9.14. The van der Waals surface area contributed by atoms with Gasteiger partial charge in [-0.3, -0.25) is 9.80 Å². The number of urea groups is 1. The van der Waals surface area contributed by atoms with Crippen LogP contribution < -0.4 is 16.0 Å². The fourth-order valence-corrected chi connectivity index (χ4v) is 4.53. The summed E-state index contributed by atoms with van der Waals surface area (Å²) in [5, 5.41) is 17.7. The van der Waals surface area contributed by atoms with E-state index in [1.807, 2.05) is 35.7 Å². The molecule has 2 heterocycles. The molecule has 2 aliphatic rings. The van der Waals surface area contributed by atoms with Gasteiger partial charge in [-0.1, -0.05) is 23.7 Å². The van der Waals surface area contributed by atoms with Crippen LogP contribution in [0.4, 0.5) is 10.5 Å². The summed E-state index contributed by atoms with van der Waals surface area (Å²) in [4.78, 5) is 26.4. The highest BCUT2D eigenvalue weighted by atomic mass is 35.5. The second-order valence-electron chi connectivity index (χ2n) is 7.85. The zero-order valence-corrected chi connectivity index (χ0v) is 19.7. The summed E-state index contributed by atoms with van der Waals surface area (Å²) in [5.41, 5.74) is 2.25. The van der Waals surface area contributed by atoms with Crippen molar-refractivity contribution in [1.29, 1.82) is 0 Å². The molecule has 0 saturated carbocycles. The minimum Gasteiger partial charge on any atom is -0.324 e. The van der Waals surface area contributed by atoms with E-state index in [2.05, 4.69) is 21.0 Å². The Hall–Kier alpha value is -3.10. The van der Waals surface area contributed by atoms with Crippen LogP contribution in [0.15, 0.2) is 70.8 Å². The van der Waals surface area contributed by atoms with Gasteiger partial charge in [-0.15, -0.1) is 11.3 Å². The molecule has 1 aliphatic carbocycles. The Morgan fingerprint density at radius 3 is 2.48 bits per heavy atom. The smallest absolute Gasteiger partial charge is 0.320 e. The number of amides is 3. The van der Waals surface area contributed by atoms with E-state index in [4.69, 9.17) is 16.7 Å². The number of hydrogen-bond acceptors (Lipinski definition) is 5. The van der Waals surface area contributed by atoms with E-state index in [1.54, 1.807) is 24.3 Å². The van der Waals surface area contributed by atoms with E-state index in [0.717, 1.165) is 23.7 Å². The fraction of sp³-hybridized carbons (Fsp3) is 0.292. The van der Waals surface area contributed by atoms with Crippen molar-refractivity contribution in [1.82, 2.24) is 15.6 Å². The van der Waals surface area contributed by atoms with E-state index in [-0.39, 0.29) is 5.91 Å². The third kappa shape index (κ3) is 6.69. The lowest BCUT2D eigenvalue weighted by Gasteiger charge is -2.25. The average Bonchev–Trinajstić information content (AvgIpc) is 3.35. The normalized spacial score (nSPS) is 17.9. The molecule has 2 aromatic rings. The lowest BCUT2D eigenvalue weighted by atomic mass is 10.1. The molecule has 1 aromatic carbocycles. The average molecular weight is 484 g/mol. The second kappa shape index (κ2) is 11.2. The number of anilines is 1. The molecular weight excluding hydrogens is 458 g/mol. The zero-order valence-electron chi connectivity index (χ0n) is 18.1. The highest BCUT2D eigenvalue weighted by Gasteiger charge is 2.24.